The summed E-state index contributed by atoms with van der Waals surface area (Å²) in [6.07, 6.45) is 2.82. The molecule has 2 aliphatic rings. The Balaban J connectivity index is 1.68. The summed E-state index contributed by atoms with van der Waals surface area (Å²) in [6.45, 7) is 6.92. The van der Waals surface area contributed by atoms with Crippen LogP contribution in [-0.4, -0.2) is 30.1 Å². The Hall–Kier alpha value is -0.380. The van der Waals surface area contributed by atoms with Gasteiger partial charge < -0.3 is 5.32 Å². The highest BCUT2D eigenvalue weighted by Gasteiger charge is 2.43. The molecule has 2 nitrogen and oxygen atoms in total. The molecule has 1 saturated heterocycles. The van der Waals surface area contributed by atoms with Crippen LogP contribution in [0.4, 0.5) is 0 Å². The summed E-state index contributed by atoms with van der Waals surface area (Å²) in [5.41, 5.74) is 1.75. The van der Waals surface area contributed by atoms with Crippen molar-refractivity contribution in [3.63, 3.8) is 0 Å². The van der Waals surface area contributed by atoms with Crippen LogP contribution in [0.3, 0.4) is 0 Å². The first kappa shape index (κ1) is 12.6. The third-order valence-corrected chi connectivity index (χ3v) is 5.11. The maximum atomic E-state index is 3.73. The highest BCUT2D eigenvalue weighted by molar-refractivity contribution is 9.10. The van der Waals surface area contributed by atoms with E-state index in [9.17, 15) is 0 Å². The Labute approximate surface area is 118 Å². The number of halogens is 1. The van der Waals surface area contributed by atoms with Crippen molar-refractivity contribution in [2.45, 2.75) is 31.8 Å². The molecule has 98 valence electrons. The van der Waals surface area contributed by atoms with Crippen LogP contribution in [0, 0.1) is 5.92 Å². The average Bonchev–Trinajstić information content (AvgIpc) is 3.17. The lowest BCUT2D eigenvalue weighted by Crippen LogP contribution is -2.59. The maximum Gasteiger partial charge on any atom is 0.0309 e. The van der Waals surface area contributed by atoms with Gasteiger partial charge in [0.25, 0.3) is 0 Å². The van der Waals surface area contributed by atoms with Crippen LogP contribution < -0.4 is 5.32 Å². The minimum atomic E-state index is 0.347. The van der Waals surface area contributed by atoms with Crippen molar-refractivity contribution < 1.29 is 0 Å². The fraction of sp³-hybridized carbons (Fsp3) is 0.600. The van der Waals surface area contributed by atoms with E-state index in [1.165, 1.54) is 29.4 Å². The number of piperazine rings is 1. The van der Waals surface area contributed by atoms with Crippen molar-refractivity contribution in [1.82, 2.24) is 10.2 Å². The zero-order valence-corrected chi connectivity index (χ0v) is 12.5. The summed E-state index contributed by atoms with van der Waals surface area (Å²) in [7, 11) is 0. The first-order valence-electron chi connectivity index (χ1n) is 6.88. The van der Waals surface area contributed by atoms with Gasteiger partial charge in [0.05, 0.1) is 0 Å². The number of hydrogen-bond donors (Lipinski definition) is 1. The molecule has 1 unspecified atom stereocenters. The molecule has 1 aromatic carbocycles. The lowest BCUT2D eigenvalue weighted by Gasteiger charge is -2.42. The second-order valence-corrected chi connectivity index (χ2v) is 6.77. The second-order valence-electron chi connectivity index (χ2n) is 5.92. The maximum absolute atomic E-state index is 3.73. The molecular weight excluding hydrogens is 288 g/mol. The van der Waals surface area contributed by atoms with Gasteiger partial charge >= 0.3 is 0 Å². The van der Waals surface area contributed by atoms with Crippen molar-refractivity contribution in [2.24, 2.45) is 5.92 Å². The Morgan fingerprint density at radius 1 is 1.39 bits per heavy atom. The summed E-state index contributed by atoms with van der Waals surface area (Å²) in [6, 6.07) is 8.57. The van der Waals surface area contributed by atoms with E-state index in [2.05, 4.69) is 57.3 Å². The molecule has 1 aromatic rings. The number of benzene rings is 1. The molecule has 1 saturated carbocycles. The first-order valence-corrected chi connectivity index (χ1v) is 7.67. The molecule has 1 aliphatic heterocycles. The average molecular weight is 309 g/mol. The summed E-state index contributed by atoms with van der Waals surface area (Å²) in [5.74, 6) is 0.902. The van der Waals surface area contributed by atoms with Crippen LogP contribution in [0.25, 0.3) is 0 Å². The van der Waals surface area contributed by atoms with Crippen LogP contribution in [-0.2, 0) is 6.54 Å². The molecule has 0 amide bonds. The van der Waals surface area contributed by atoms with Crippen LogP contribution in [0.15, 0.2) is 28.7 Å². The van der Waals surface area contributed by atoms with Gasteiger partial charge in [0.1, 0.15) is 0 Å². The Morgan fingerprint density at radius 3 is 2.89 bits per heavy atom. The summed E-state index contributed by atoms with van der Waals surface area (Å²) in [5, 5.41) is 3.73. The minimum Gasteiger partial charge on any atom is -0.309 e. The topological polar surface area (TPSA) is 15.3 Å². The Morgan fingerprint density at radius 2 is 2.17 bits per heavy atom. The molecule has 1 atom stereocenters. The third kappa shape index (κ3) is 2.63. The molecule has 0 aromatic heterocycles. The van der Waals surface area contributed by atoms with Gasteiger partial charge in [0, 0.05) is 36.2 Å². The number of rotatable bonds is 3. The fourth-order valence-electron chi connectivity index (χ4n) is 3.10. The van der Waals surface area contributed by atoms with Gasteiger partial charge in [-0.25, -0.2) is 0 Å². The van der Waals surface area contributed by atoms with E-state index in [-0.39, 0.29) is 0 Å². The molecule has 0 bridgehead atoms. The van der Waals surface area contributed by atoms with Crippen molar-refractivity contribution in [1.29, 1.82) is 0 Å². The molecule has 3 rings (SSSR count). The molecule has 1 aliphatic carbocycles. The molecule has 18 heavy (non-hydrogen) atoms. The zero-order valence-electron chi connectivity index (χ0n) is 11.0. The molecule has 3 heteroatoms. The molecule has 1 heterocycles. The Kier molecular flexibility index (Phi) is 3.48. The SMILES string of the molecule is CC1(C2CC2)CN(Cc2ccccc2Br)CCN1. The van der Waals surface area contributed by atoms with E-state index in [1.807, 2.05) is 0 Å². The van der Waals surface area contributed by atoms with E-state index in [1.54, 1.807) is 0 Å². The third-order valence-electron chi connectivity index (χ3n) is 4.34. The molecule has 1 N–H and O–H groups in total. The van der Waals surface area contributed by atoms with Gasteiger partial charge in [-0.05, 0) is 37.3 Å². The second kappa shape index (κ2) is 4.95. The molecule has 2 fully saturated rings. The standard InChI is InChI=1S/C15H21BrN2/c1-15(13-6-7-13)11-18(9-8-17-15)10-12-4-2-3-5-14(12)16/h2-5,13,17H,6-11H2,1H3. The predicted octanol–water partition coefficient (Wildman–Crippen LogP) is 3.02. The minimum absolute atomic E-state index is 0.347. The quantitative estimate of drug-likeness (QED) is 0.923. The normalized spacial score (nSPS) is 29.4. The van der Waals surface area contributed by atoms with Gasteiger partial charge in [0.15, 0.2) is 0 Å². The summed E-state index contributed by atoms with van der Waals surface area (Å²) in [4.78, 5) is 2.59. The van der Waals surface area contributed by atoms with Crippen molar-refractivity contribution in [3.05, 3.63) is 34.3 Å². The van der Waals surface area contributed by atoms with E-state index in [4.69, 9.17) is 0 Å². The lowest BCUT2D eigenvalue weighted by atomic mass is 9.92. The zero-order chi connectivity index (χ0) is 12.6. The van der Waals surface area contributed by atoms with E-state index in [0.717, 1.165) is 25.6 Å². The van der Waals surface area contributed by atoms with Gasteiger partial charge in [-0.1, -0.05) is 34.1 Å². The monoisotopic (exact) mass is 308 g/mol. The van der Waals surface area contributed by atoms with Crippen LogP contribution in [0.2, 0.25) is 0 Å². The van der Waals surface area contributed by atoms with Crippen LogP contribution in [0.5, 0.6) is 0 Å². The lowest BCUT2D eigenvalue weighted by molar-refractivity contribution is 0.121. The molecular formula is C15H21BrN2. The summed E-state index contributed by atoms with van der Waals surface area (Å²) < 4.78 is 1.23. The Bertz CT molecular complexity index is 430. The van der Waals surface area contributed by atoms with Gasteiger partial charge in [-0.15, -0.1) is 0 Å². The summed E-state index contributed by atoms with van der Waals surface area (Å²) >= 11 is 3.65. The van der Waals surface area contributed by atoms with E-state index >= 15 is 0 Å². The molecule has 0 radical (unpaired) electrons. The fourth-order valence-corrected chi connectivity index (χ4v) is 3.51. The smallest absolute Gasteiger partial charge is 0.0309 e. The van der Waals surface area contributed by atoms with Gasteiger partial charge in [-0.3, -0.25) is 4.90 Å². The highest BCUT2D eigenvalue weighted by Crippen LogP contribution is 2.41. The van der Waals surface area contributed by atoms with Gasteiger partial charge in [-0.2, -0.15) is 0 Å². The molecule has 0 spiro atoms. The largest absolute Gasteiger partial charge is 0.309 e. The first-order chi connectivity index (χ1) is 8.67. The van der Waals surface area contributed by atoms with Gasteiger partial charge in [0.2, 0.25) is 0 Å². The predicted molar refractivity (Wildman–Crippen MR) is 78.6 cm³/mol. The highest BCUT2D eigenvalue weighted by atomic mass is 79.9. The van der Waals surface area contributed by atoms with Crippen molar-refractivity contribution in [2.75, 3.05) is 19.6 Å². The number of hydrogen-bond acceptors (Lipinski definition) is 2. The van der Waals surface area contributed by atoms with E-state index in [0.29, 0.717) is 5.54 Å². The van der Waals surface area contributed by atoms with Crippen LogP contribution in [0.1, 0.15) is 25.3 Å². The van der Waals surface area contributed by atoms with Crippen LogP contribution >= 0.6 is 15.9 Å². The van der Waals surface area contributed by atoms with E-state index < -0.39 is 0 Å². The van der Waals surface area contributed by atoms with Crippen molar-refractivity contribution in [3.8, 4) is 0 Å². The van der Waals surface area contributed by atoms with Crippen molar-refractivity contribution >= 4 is 15.9 Å². The number of nitrogens with zero attached hydrogens (tertiary/aromatic N) is 1. The number of nitrogens with one attached hydrogen (secondary N) is 1.